The monoisotopic (exact) mass is 558 g/mol. The van der Waals surface area contributed by atoms with E-state index in [0.717, 1.165) is 0 Å². The van der Waals surface area contributed by atoms with Gasteiger partial charge in [0.15, 0.2) is 0 Å². The molecule has 0 saturated heterocycles. The normalized spacial score (nSPS) is 14.0. The highest BCUT2D eigenvalue weighted by atomic mass is 31.2. The predicted octanol–water partition coefficient (Wildman–Crippen LogP) is 5.09. The van der Waals surface area contributed by atoms with Gasteiger partial charge in [-0.1, -0.05) is 0 Å². The van der Waals surface area contributed by atoms with E-state index in [1.807, 2.05) is 0 Å². The number of hydrogen-bond donors (Lipinski definition) is 0. The third kappa shape index (κ3) is 9.36. The maximum atomic E-state index is 12.2. The van der Waals surface area contributed by atoms with Crippen molar-refractivity contribution in [3.05, 3.63) is 0 Å². The average Bonchev–Trinajstić information content (AvgIpc) is 2.77. The van der Waals surface area contributed by atoms with Gasteiger partial charge in [-0.15, -0.1) is 0 Å². The molecule has 0 aromatic carbocycles. The fourth-order valence-electron chi connectivity index (χ4n) is 3.22. The summed E-state index contributed by atoms with van der Waals surface area (Å²) in [6.45, 7) is 28.4. The van der Waals surface area contributed by atoms with Gasteiger partial charge in [0, 0.05) is 7.60 Å². The van der Waals surface area contributed by atoms with Crippen LogP contribution in [-0.4, -0.2) is 85.0 Å². The van der Waals surface area contributed by atoms with Gasteiger partial charge in [0.1, 0.15) is 0 Å². The summed E-state index contributed by atoms with van der Waals surface area (Å²) in [6, 6.07) is 0. The first-order valence-electron chi connectivity index (χ1n) is 11.4. The van der Waals surface area contributed by atoms with Gasteiger partial charge in [-0.2, -0.15) is 39.5 Å². The van der Waals surface area contributed by atoms with Crippen LogP contribution in [0.25, 0.3) is 0 Å². The molecule has 35 heavy (non-hydrogen) atoms. The van der Waals surface area contributed by atoms with Crippen molar-refractivity contribution in [3.63, 3.8) is 0 Å². The Morgan fingerprint density at radius 1 is 0.514 bits per heavy atom. The van der Waals surface area contributed by atoms with Crippen LogP contribution >= 0.6 is 7.60 Å². The Bertz CT molecular complexity index is 579. The highest BCUT2D eigenvalue weighted by Gasteiger charge is 2.82. The van der Waals surface area contributed by atoms with Crippen molar-refractivity contribution in [1.82, 2.24) is 0 Å². The van der Waals surface area contributed by atoms with Crippen LogP contribution in [0.15, 0.2) is 0 Å². The van der Waals surface area contributed by atoms with Crippen molar-refractivity contribution in [3.8, 4) is 0 Å². The second kappa shape index (κ2) is 14.4. The minimum absolute atomic E-state index is 1.28. The topological polar surface area (TPSA) is 63.2 Å². The van der Waals surface area contributed by atoms with Crippen LogP contribution in [0.2, 0.25) is 0 Å². The number of nitrogens with zero attached hydrogens (tertiary/aromatic N) is 2. The van der Waals surface area contributed by atoms with E-state index in [1.54, 1.807) is 0 Å². The molecular weight excluding hydrogens is 518 g/mol. The highest BCUT2D eigenvalue weighted by Crippen LogP contribution is 2.62. The SMILES string of the molecule is CC[N+](CC)(CC)CC.CC[N+](CC)(CC)CC.O=P([O-])([O-])C(F)(F)C(F)(F)C(F)(F)C(F)(F)F. The Morgan fingerprint density at radius 2 is 0.714 bits per heavy atom. The molecule has 0 amide bonds. The Labute approximate surface area is 202 Å². The molecule has 0 spiro atoms. The molecule has 0 heterocycles. The zero-order valence-corrected chi connectivity index (χ0v) is 22.5. The predicted molar refractivity (Wildman–Crippen MR) is 113 cm³/mol. The van der Waals surface area contributed by atoms with E-state index in [1.165, 1.54) is 61.3 Å². The molecule has 0 fully saturated rings. The largest absolute Gasteiger partial charge is 0.806 e. The van der Waals surface area contributed by atoms with E-state index in [4.69, 9.17) is 0 Å². The lowest BCUT2D eigenvalue weighted by Crippen LogP contribution is -2.62. The number of quaternary nitrogens is 2. The fraction of sp³-hybridized carbons (Fsp3) is 1.00. The zero-order chi connectivity index (χ0) is 29.2. The van der Waals surface area contributed by atoms with E-state index in [-0.39, 0.29) is 0 Å². The van der Waals surface area contributed by atoms with E-state index in [2.05, 4.69) is 55.4 Å². The first kappa shape index (κ1) is 39.0. The number of hydrogen-bond acceptors (Lipinski definition) is 3. The molecule has 0 unspecified atom stereocenters. The van der Waals surface area contributed by atoms with Crippen LogP contribution in [0.3, 0.4) is 0 Å². The summed E-state index contributed by atoms with van der Waals surface area (Å²) in [5, 5.41) is 0. The van der Waals surface area contributed by atoms with Crippen LogP contribution in [0, 0.1) is 0 Å². The summed E-state index contributed by atoms with van der Waals surface area (Å²) >= 11 is 0. The van der Waals surface area contributed by atoms with Gasteiger partial charge in [0.2, 0.25) is 0 Å². The summed E-state index contributed by atoms with van der Waals surface area (Å²) in [4.78, 5) is 19.2. The fourth-order valence-corrected chi connectivity index (χ4v) is 3.71. The van der Waals surface area contributed by atoms with Crippen LogP contribution in [-0.2, 0) is 4.57 Å². The number of alkyl halides is 9. The third-order valence-corrected chi connectivity index (χ3v) is 7.81. The molecule has 0 aliphatic rings. The maximum absolute atomic E-state index is 12.2. The summed E-state index contributed by atoms with van der Waals surface area (Å²) < 4.78 is 119. The van der Waals surface area contributed by atoms with Gasteiger partial charge >= 0.3 is 23.7 Å². The van der Waals surface area contributed by atoms with Crippen LogP contribution in [0.1, 0.15) is 55.4 Å². The summed E-state index contributed by atoms with van der Waals surface area (Å²) in [5.74, 6) is -14.8. The lowest BCUT2D eigenvalue weighted by atomic mass is 10.1. The van der Waals surface area contributed by atoms with Crippen molar-refractivity contribution >= 4 is 7.60 Å². The maximum Gasteiger partial charge on any atom is 0.460 e. The van der Waals surface area contributed by atoms with E-state index < -0.39 is 31.3 Å². The molecule has 0 bridgehead atoms. The lowest BCUT2D eigenvalue weighted by Gasteiger charge is -2.43. The van der Waals surface area contributed by atoms with Crippen molar-refractivity contribution in [1.29, 1.82) is 0 Å². The van der Waals surface area contributed by atoms with Crippen molar-refractivity contribution < 1.29 is 62.8 Å². The van der Waals surface area contributed by atoms with Crippen molar-refractivity contribution in [2.75, 3.05) is 52.4 Å². The van der Waals surface area contributed by atoms with Gasteiger partial charge in [-0.05, 0) is 55.4 Å². The molecular formula is C20H40F9N2O3P. The summed E-state index contributed by atoms with van der Waals surface area (Å²) in [5.41, 5.74) is -7.08. The average molecular weight is 559 g/mol. The second-order valence-corrected chi connectivity index (χ2v) is 9.45. The van der Waals surface area contributed by atoms with Crippen molar-refractivity contribution in [2.45, 2.75) is 79.1 Å². The Kier molecular flexibility index (Phi) is 16.0. The van der Waals surface area contributed by atoms with Crippen molar-refractivity contribution in [2.24, 2.45) is 0 Å². The van der Waals surface area contributed by atoms with Gasteiger partial charge in [-0.3, -0.25) is 0 Å². The third-order valence-electron chi connectivity index (χ3n) is 6.84. The molecule has 5 nitrogen and oxygen atoms in total. The highest BCUT2D eigenvalue weighted by molar-refractivity contribution is 7.50. The van der Waals surface area contributed by atoms with E-state index >= 15 is 0 Å². The quantitative estimate of drug-likeness (QED) is 0.202. The second-order valence-electron chi connectivity index (χ2n) is 7.90. The van der Waals surface area contributed by atoms with Crippen LogP contribution < -0.4 is 9.79 Å². The molecule has 0 aromatic rings. The van der Waals surface area contributed by atoms with Gasteiger partial charge < -0.3 is 23.3 Å². The molecule has 0 saturated carbocycles. The molecule has 15 heteroatoms. The molecule has 0 rings (SSSR count). The number of halogens is 9. The van der Waals surface area contributed by atoms with E-state index in [9.17, 15) is 53.9 Å². The molecule has 0 aliphatic carbocycles. The molecule has 216 valence electrons. The van der Waals surface area contributed by atoms with Gasteiger partial charge in [0.05, 0.1) is 52.4 Å². The Hall–Kier alpha value is -0.560. The standard InChI is InChI=1S/2C8H20N.C4H2F9O3P/c2*1-5-9(6-2,7-3)8-4;5-1(6,3(9,10)11)2(7,8)4(12,13)17(14,15)16/h2*5-8H2,1-4H3;(H2,14,15,16)/q2*+1;/p-2. The molecule has 0 N–H and O–H groups in total. The summed E-state index contributed by atoms with van der Waals surface area (Å²) in [6.07, 6.45) is -7.16. The molecule has 0 atom stereocenters. The van der Waals surface area contributed by atoms with Crippen LogP contribution in [0.5, 0.6) is 0 Å². The first-order valence-corrected chi connectivity index (χ1v) is 13.0. The Balaban J connectivity index is -0.000000481. The Morgan fingerprint density at radius 3 is 0.800 bits per heavy atom. The molecule has 0 radical (unpaired) electrons. The minimum atomic E-state index is -7.72. The van der Waals surface area contributed by atoms with Gasteiger partial charge in [0.25, 0.3) is 0 Å². The zero-order valence-electron chi connectivity index (χ0n) is 21.6. The number of rotatable bonds is 11. The van der Waals surface area contributed by atoms with Gasteiger partial charge in [-0.25, -0.2) is 0 Å². The lowest BCUT2D eigenvalue weighted by molar-refractivity contribution is -0.921. The summed E-state index contributed by atoms with van der Waals surface area (Å²) in [7, 11) is -7.72. The smallest absolute Gasteiger partial charge is 0.460 e. The van der Waals surface area contributed by atoms with E-state index in [0.29, 0.717) is 0 Å². The first-order chi connectivity index (χ1) is 15.5. The van der Waals surface area contributed by atoms with Crippen LogP contribution in [0.4, 0.5) is 39.5 Å². The molecule has 0 aliphatic heterocycles. The molecule has 0 aromatic heterocycles. The minimum Gasteiger partial charge on any atom is -0.806 e.